The first kappa shape index (κ1) is 12.7. The van der Waals surface area contributed by atoms with Gasteiger partial charge in [-0.15, -0.1) is 0 Å². The Kier molecular flexibility index (Phi) is 3.10. The Balaban J connectivity index is 1.85. The molecule has 1 saturated carbocycles. The van der Waals surface area contributed by atoms with Gasteiger partial charge in [-0.2, -0.15) is 0 Å². The quantitative estimate of drug-likeness (QED) is 0.707. The summed E-state index contributed by atoms with van der Waals surface area (Å²) >= 11 is 0. The number of nitrogens with zero attached hydrogens (tertiary/aromatic N) is 1. The van der Waals surface area contributed by atoms with Crippen LogP contribution in [0.3, 0.4) is 0 Å². The first-order chi connectivity index (χ1) is 7.82. The number of hydrogen-bond acceptors (Lipinski definition) is 3. The molecule has 0 aromatic rings. The summed E-state index contributed by atoms with van der Waals surface area (Å²) < 4.78 is 5.35. The summed E-state index contributed by atoms with van der Waals surface area (Å²) in [7, 11) is 0. The van der Waals surface area contributed by atoms with Crippen LogP contribution < -0.4 is 0 Å². The van der Waals surface area contributed by atoms with Crippen molar-refractivity contribution in [3.05, 3.63) is 0 Å². The van der Waals surface area contributed by atoms with E-state index in [0.717, 1.165) is 25.7 Å². The number of rotatable bonds is 0. The predicted molar refractivity (Wildman–Crippen MR) is 64.7 cm³/mol. The minimum Gasteiger partial charge on any atom is -0.444 e. The second-order valence-corrected chi connectivity index (χ2v) is 6.38. The largest absolute Gasteiger partial charge is 0.444 e. The van der Waals surface area contributed by atoms with Gasteiger partial charge in [0.15, 0.2) is 0 Å². The second kappa shape index (κ2) is 4.16. The van der Waals surface area contributed by atoms with Crippen LogP contribution in [0.5, 0.6) is 0 Å². The van der Waals surface area contributed by atoms with Gasteiger partial charge in [0.25, 0.3) is 0 Å². The number of carbonyl (C=O) groups is 1. The van der Waals surface area contributed by atoms with Crippen molar-refractivity contribution >= 4 is 6.09 Å². The highest BCUT2D eigenvalue weighted by atomic mass is 16.6. The van der Waals surface area contributed by atoms with Crippen molar-refractivity contribution in [2.24, 2.45) is 5.41 Å². The van der Waals surface area contributed by atoms with Crippen molar-refractivity contribution in [1.82, 2.24) is 4.90 Å². The maximum atomic E-state index is 11.9. The molecule has 1 spiro atoms. The van der Waals surface area contributed by atoms with Gasteiger partial charge in [-0.3, -0.25) is 0 Å². The Morgan fingerprint density at radius 1 is 1.29 bits per heavy atom. The van der Waals surface area contributed by atoms with Crippen molar-refractivity contribution in [3.8, 4) is 0 Å². The highest BCUT2D eigenvalue weighted by Crippen LogP contribution is 2.49. The molecule has 0 bridgehead atoms. The van der Waals surface area contributed by atoms with Crippen LogP contribution in [0, 0.1) is 5.41 Å². The van der Waals surface area contributed by atoms with Crippen molar-refractivity contribution in [2.75, 3.05) is 13.1 Å². The van der Waals surface area contributed by atoms with Crippen LogP contribution in [0.2, 0.25) is 0 Å². The zero-order chi connectivity index (χ0) is 12.7. The van der Waals surface area contributed by atoms with E-state index in [1.54, 1.807) is 4.90 Å². The van der Waals surface area contributed by atoms with Gasteiger partial charge in [0.2, 0.25) is 0 Å². The van der Waals surface area contributed by atoms with Gasteiger partial charge in [0.1, 0.15) is 5.60 Å². The molecule has 1 N–H and O–H groups in total. The van der Waals surface area contributed by atoms with Crippen LogP contribution in [-0.2, 0) is 4.74 Å². The maximum Gasteiger partial charge on any atom is 0.410 e. The molecule has 1 aliphatic heterocycles. The third-order valence-electron chi connectivity index (χ3n) is 4.03. The lowest BCUT2D eigenvalue weighted by atomic mass is 9.61. The van der Waals surface area contributed by atoms with Gasteiger partial charge < -0.3 is 14.7 Å². The molecule has 1 saturated heterocycles. The van der Waals surface area contributed by atoms with Gasteiger partial charge in [-0.1, -0.05) is 0 Å². The molecule has 98 valence electrons. The van der Waals surface area contributed by atoms with E-state index >= 15 is 0 Å². The summed E-state index contributed by atoms with van der Waals surface area (Å²) in [6.45, 7) is 7.07. The lowest BCUT2D eigenvalue weighted by molar-refractivity contribution is -0.0993. The van der Waals surface area contributed by atoms with E-state index in [1.807, 2.05) is 20.8 Å². The number of ether oxygens (including phenoxy) is 1. The van der Waals surface area contributed by atoms with E-state index in [0.29, 0.717) is 13.1 Å². The van der Waals surface area contributed by atoms with E-state index in [-0.39, 0.29) is 17.6 Å². The molecule has 17 heavy (non-hydrogen) atoms. The van der Waals surface area contributed by atoms with Crippen LogP contribution in [0.15, 0.2) is 0 Å². The van der Waals surface area contributed by atoms with Crippen LogP contribution in [0.4, 0.5) is 4.79 Å². The molecule has 1 amide bonds. The van der Waals surface area contributed by atoms with E-state index < -0.39 is 5.60 Å². The van der Waals surface area contributed by atoms with Crippen LogP contribution >= 0.6 is 0 Å². The average Bonchev–Trinajstić information content (AvgIpc) is 2.25. The molecule has 2 rings (SSSR count). The molecule has 1 heterocycles. The van der Waals surface area contributed by atoms with E-state index in [4.69, 9.17) is 4.74 Å². The summed E-state index contributed by atoms with van der Waals surface area (Å²) in [6.07, 6.45) is 3.48. The fourth-order valence-electron chi connectivity index (χ4n) is 2.73. The molecule has 0 aromatic heterocycles. The number of aliphatic hydroxyl groups is 1. The Bertz CT molecular complexity index is 300. The van der Waals surface area contributed by atoms with Crippen LogP contribution in [-0.4, -0.2) is 40.9 Å². The monoisotopic (exact) mass is 241 g/mol. The highest BCUT2D eigenvalue weighted by molar-refractivity contribution is 5.68. The molecule has 4 heteroatoms. The molecule has 1 atom stereocenters. The second-order valence-electron chi connectivity index (χ2n) is 6.38. The lowest BCUT2D eigenvalue weighted by Crippen LogP contribution is -2.53. The normalized spacial score (nSPS) is 27.8. The van der Waals surface area contributed by atoms with Gasteiger partial charge in [-0.05, 0) is 51.9 Å². The SMILES string of the molecule is CC(C)(C)OC(=O)N1CCC2(CC[C@H]2O)CC1. The Hall–Kier alpha value is -0.770. The van der Waals surface area contributed by atoms with Crippen molar-refractivity contribution in [1.29, 1.82) is 0 Å². The van der Waals surface area contributed by atoms with Crippen molar-refractivity contribution in [3.63, 3.8) is 0 Å². The standard InChI is InChI=1S/C13H23NO3/c1-12(2,3)17-11(16)14-8-6-13(7-9-14)5-4-10(13)15/h10,15H,4-9H2,1-3H3/t10-/m1/s1. The third kappa shape index (κ3) is 2.57. The summed E-state index contributed by atoms with van der Waals surface area (Å²) in [4.78, 5) is 13.6. The number of piperidine rings is 1. The number of amides is 1. The molecule has 4 nitrogen and oxygen atoms in total. The minimum absolute atomic E-state index is 0.110. The van der Waals surface area contributed by atoms with E-state index in [2.05, 4.69) is 0 Å². The summed E-state index contributed by atoms with van der Waals surface area (Å²) in [5, 5.41) is 9.80. The van der Waals surface area contributed by atoms with Crippen LogP contribution in [0.25, 0.3) is 0 Å². The maximum absolute atomic E-state index is 11.9. The number of hydrogen-bond donors (Lipinski definition) is 1. The van der Waals surface area contributed by atoms with Crippen LogP contribution in [0.1, 0.15) is 46.5 Å². The first-order valence-corrected chi connectivity index (χ1v) is 6.48. The van der Waals surface area contributed by atoms with Gasteiger partial charge in [-0.25, -0.2) is 4.79 Å². The Morgan fingerprint density at radius 3 is 2.24 bits per heavy atom. The summed E-state index contributed by atoms with van der Waals surface area (Å²) in [6, 6.07) is 0. The summed E-state index contributed by atoms with van der Waals surface area (Å²) in [5.74, 6) is 0. The molecule has 1 aliphatic carbocycles. The molecular formula is C13H23NO3. The smallest absolute Gasteiger partial charge is 0.410 e. The fraction of sp³-hybridized carbons (Fsp3) is 0.923. The average molecular weight is 241 g/mol. The van der Waals surface area contributed by atoms with Gasteiger partial charge in [0, 0.05) is 13.1 Å². The highest BCUT2D eigenvalue weighted by Gasteiger charge is 2.48. The van der Waals surface area contributed by atoms with Crippen molar-refractivity contribution < 1.29 is 14.6 Å². The van der Waals surface area contributed by atoms with E-state index in [1.165, 1.54) is 0 Å². The Labute approximate surface area is 103 Å². The molecule has 2 fully saturated rings. The third-order valence-corrected chi connectivity index (χ3v) is 4.03. The van der Waals surface area contributed by atoms with E-state index in [9.17, 15) is 9.90 Å². The zero-order valence-electron chi connectivity index (χ0n) is 11.0. The number of aliphatic hydroxyl groups excluding tert-OH is 1. The number of carbonyl (C=O) groups excluding carboxylic acids is 1. The molecule has 0 radical (unpaired) electrons. The Morgan fingerprint density at radius 2 is 1.88 bits per heavy atom. The predicted octanol–water partition coefficient (Wildman–Crippen LogP) is 2.16. The summed E-state index contributed by atoms with van der Waals surface area (Å²) in [5.41, 5.74) is -0.319. The van der Waals surface area contributed by atoms with Crippen molar-refractivity contribution in [2.45, 2.75) is 58.2 Å². The number of likely N-dealkylation sites (tertiary alicyclic amines) is 1. The fourth-order valence-corrected chi connectivity index (χ4v) is 2.73. The first-order valence-electron chi connectivity index (χ1n) is 6.48. The molecule has 0 aromatic carbocycles. The zero-order valence-corrected chi connectivity index (χ0v) is 11.0. The lowest BCUT2D eigenvalue weighted by Gasteiger charge is -2.51. The molecule has 2 aliphatic rings. The van der Waals surface area contributed by atoms with Gasteiger partial charge >= 0.3 is 6.09 Å². The molecule has 0 unspecified atom stereocenters. The minimum atomic E-state index is -0.428. The molecular weight excluding hydrogens is 218 g/mol. The topological polar surface area (TPSA) is 49.8 Å². The van der Waals surface area contributed by atoms with Gasteiger partial charge in [0.05, 0.1) is 6.10 Å².